The van der Waals surface area contributed by atoms with Crippen LogP contribution in [0.4, 0.5) is 10.1 Å². The van der Waals surface area contributed by atoms with Crippen LogP contribution in [0.5, 0.6) is 0 Å². The van der Waals surface area contributed by atoms with Gasteiger partial charge in [-0.05, 0) is 26.0 Å². The van der Waals surface area contributed by atoms with E-state index in [-0.39, 0.29) is 18.3 Å². The molecule has 0 spiro atoms. The molecule has 0 aliphatic rings. The molecule has 23 heavy (non-hydrogen) atoms. The predicted octanol–water partition coefficient (Wildman–Crippen LogP) is 1.48. The Labute approximate surface area is 140 Å². The Morgan fingerprint density at radius 3 is 2.70 bits per heavy atom. The van der Waals surface area contributed by atoms with E-state index in [0.717, 1.165) is 22.0 Å². The third-order valence-corrected chi connectivity index (χ3v) is 4.13. The molecule has 1 aromatic carbocycles. The van der Waals surface area contributed by atoms with Gasteiger partial charge >= 0.3 is 0 Å². The second-order valence-corrected chi connectivity index (χ2v) is 6.14. The Balaban J connectivity index is 2.00. The van der Waals surface area contributed by atoms with Gasteiger partial charge in [-0.3, -0.25) is 9.48 Å². The normalized spacial score (nSPS) is 12.3. The lowest BCUT2D eigenvalue weighted by atomic mass is 10.2. The van der Waals surface area contributed by atoms with Crippen molar-refractivity contribution in [2.24, 2.45) is 7.05 Å². The summed E-state index contributed by atoms with van der Waals surface area (Å²) in [6.45, 7) is 4.28. The quantitative estimate of drug-likeness (QED) is 0.867. The number of carbonyl (C=O) groups excluding carboxylic acids is 1. The van der Waals surface area contributed by atoms with Gasteiger partial charge in [-0.1, -0.05) is 17.7 Å². The van der Waals surface area contributed by atoms with Crippen molar-refractivity contribution in [3.8, 4) is 0 Å². The van der Waals surface area contributed by atoms with E-state index in [4.69, 9.17) is 11.6 Å². The summed E-state index contributed by atoms with van der Waals surface area (Å²) in [5.41, 5.74) is 2.82. The summed E-state index contributed by atoms with van der Waals surface area (Å²) in [6.07, 6.45) is 0. The number of aryl methyl sites for hydroxylation is 2. The second-order valence-electron chi connectivity index (χ2n) is 5.73. The van der Waals surface area contributed by atoms with Crippen LogP contribution in [0.25, 0.3) is 0 Å². The summed E-state index contributed by atoms with van der Waals surface area (Å²) < 4.78 is 15.5. The van der Waals surface area contributed by atoms with Gasteiger partial charge in [-0.15, -0.1) is 0 Å². The SMILES string of the molecule is Cc1nn(C)c(C)c1NC(=O)C[NH+](C)Cc1c(F)cccc1Cl. The number of rotatable bonds is 5. The van der Waals surface area contributed by atoms with E-state index in [1.807, 2.05) is 27.9 Å². The van der Waals surface area contributed by atoms with Gasteiger partial charge in [0.05, 0.1) is 34.7 Å². The molecule has 124 valence electrons. The smallest absolute Gasteiger partial charge is 0.279 e. The maximum absolute atomic E-state index is 13.8. The van der Waals surface area contributed by atoms with Crippen molar-refractivity contribution in [3.63, 3.8) is 0 Å². The lowest BCUT2D eigenvalue weighted by Gasteiger charge is -2.15. The van der Waals surface area contributed by atoms with E-state index in [2.05, 4.69) is 10.4 Å². The standard InChI is InChI=1S/C16H20ClFN4O/c1-10-16(11(2)22(4)20-10)19-15(23)9-21(3)8-12-13(17)6-5-7-14(12)18/h5-7H,8-9H2,1-4H3,(H,19,23)/p+1. The molecular weight excluding hydrogens is 319 g/mol. The summed E-state index contributed by atoms with van der Waals surface area (Å²) in [7, 11) is 3.65. The fraction of sp³-hybridized carbons (Fsp3) is 0.375. The van der Waals surface area contributed by atoms with Gasteiger partial charge in [0, 0.05) is 7.05 Å². The van der Waals surface area contributed by atoms with Crippen LogP contribution in [-0.4, -0.2) is 29.3 Å². The van der Waals surface area contributed by atoms with E-state index >= 15 is 0 Å². The first-order chi connectivity index (χ1) is 10.8. The first kappa shape index (κ1) is 17.4. The van der Waals surface area contributed by atoms with Crippen LogP contribution in [0.1, 0.15) is 17.0 Å². The van der Waals surface area contributed by atoms with E-state index in [1.54, 1.807) is 16.8 Å². The molecule has 5 nitrogen and oxygen atoms in total. The van der Waals surface area contributed by atoms with E-state index in [1.165, 1.54) is 6.07 Å². The number of hydrogen-bond acceptors (Lipinski definition) is 2. The number of aromatic nitrogens is 2. The lowest BCUT2D eigenvalue weighted by Crippen LogP contribution is -3.08. The summed E-state index contributed by atoms with van der Waals surface area (Å²) in [4.78, 5) is 13.0. The average molecular weight is 340 g/mol. The molecule has 0 saturated heterocycles. The highest BCUT2D eigenvalue weighted by molar-refractivity contribution is 6.31. The molecule has 1 aromatic heterocycles. The zero-order valence-electron chi connectivity index (χ0n) is 13.7. The number of carbonyl (C=O) groups is 1. The van der Waals surface area contributed by atoms with Gasteiger partial charge in [0.2, 0.25) is 0 Å². The molecule has 2 rings (SSSR count). The van der Waals surface area contributed by atoms with Crippen LogP contribution in [-0.2, 0) is 18.4 Å². The van der Waals surface area contributed by atoms with Crippen LogP contribution in [0.2, 0.25) is 5.02 Å². The molecule has 2 aromatic rings. The van der Waals surface area contributed by atoms with Crippen molar-refractivity contribution in [2.75, 3.05) is 18.9 Å². The average Bonchev–Trinajstić information content (AvgIpc) is 2.69. The molecule has 0 aliphatic carbocycles. The highest BCUT2D eigenvalue weighted by atomic mass is 35.5. The molecule has 0 radical (unpaired) electrons. The number of halogens is 2. The summed E-state index contributed by atoms with van der Waals surface area (Å²) in [5, 5.41) is 7.52. The summed E-state index contributed by atoms with van der Waals surface area (Å²) >= 11 is 6.02. The van der Waals surface area contributed by atoms with Crippen molar-refractivity contribution >= 4 is 23.2 Å². The maximum atomic E-state index is 13.8. The topological polar surface area (TPSA) is 51.4 Å². The van der Waals surface area contributed by atoms with E-state index < -0.39 is 0 Å². The third-order valence-electron chi connectivity index (χ3n) is 3.78. The maximum Gasteiger partial charge on any atom is 0.279 e. The predicted molar refractivity (Wildman–Crippen MR) is 88.2 cm³/mol. The summed E-state index contributed by atoms with van der Waals surface area (Å²) in [5.74, 6) is -0.495. The molecule has 0 aliphatic heterocycles. The van der Waals surface area contributed by atoms with Crippen molar-refractivity contribution in [2.45, 2.75) is 20.4 Å². The second kappa shape index (κ2) is 7.10. The molecule has 7 heteroatoms. The molecule has 0 bridgehead atoms. The first-order valence-electron chi connectivity index (χ1n) is 7.33. The van der Waals surface area contributed by atoms with Crippen molar-refractivity contribution in [1.82, 2.24) is 9.78 Å². The van der Waals surface area contributed by atoms with Crippen molar-refractivity contribution < 1.29 is 14.1 Å². The number of likely N-dealkylation sites (N-methyl/N-ethyl adjacent to an activating group) is 1. The van der Waals surface area contributed by atoms with Gasteiger partial charge < -0.3 is 10.2 Å². The molecule has 0 fully saturated rings. The molecule has 1 atom stereocenters. The fourth-order valence-electron chi connectivity index (χ4n) is 2.48. The van der Waals surface area contributed by atoms with Crippen LogP contribution in [0, 0.1) is 19.7 Å². The largest absolute Gasteiger partial charge is 0.326 e. The Morgan fingerprint density at radius 2 is 2.13 bits per heavy atom. The molecular formula is C16H21ClFN4O+. The van der Waals surface area contributed by atoms with Crippen molar-refractivity contribution in [3.05, 3.63) is 46.0 Å². The molecule has 1 heterocycles. The number of anilines is 1. The molecule has 1 unspecified atom stereocenters. The van der Waals surface area contributed by atoms with Crippen LogP contribution in [0.15, 0.2) is 18.2 Å². The highest BCUT2D eigenvalue weighted by Crippen LogP contribution is 2.18. The highest BCUT2D eigenvalue weighted by Gasteiger charge is 2.18. The Bertz CT molecular complexity index is 709. The van der Waals surface area contributed by atoms with Crippen LogP contribution >= 0.6 is 11.6 Å². The van der Waals surface area contributed by atoms with Gasteiger partial charge in [-0.2, -0.15) is 5.10 Å². The minimum atomic E-state index is -0.351. The Kier molecular flexibility index (Phi) is 5.38. The first-order valence-corrected chi connectivity index (χ1v) is 7.71. The summed E-state index contributed by atoms with van der Waals surface area (Å²) in [6, 6.07) is 4.59. The number of benzene rings is 1. The monoisotopic (exact) mass is 339 g/mol. The number of quaternary nitrogens is 1. The van der Waals surface area contributed by atoms with Gasteiger partial charge in [0.25, 0.3) is 5.91 Å². The number of hydrogen-bond donors (Lipinski definition) is 2. The number of amides is 1. The lowest BCUT2D eigenvalue weighted by molar-refractivity contribution is -0.885. The van der Waals surface area contributed by atoms with Gasteiger partial charge in [0.15, 0.2) is 6.54 Å². The van der Waals surface area contributed by atoms with Gasteiger partial charge in [0.1, 0.15) is 12.4 Å². The number of nitrogens with zero attached hydrogens (tertiary/aromatic N) is 2. The molecule has 0 saturated carbocycles. The van der Waals surface area contributed by atoms with Crippen LogP contribution in [0.3, 0.4) is 0 Å². The van der Waals surface area contributed by atoms with E-state index in [0.29, 0.717) is 17.1 Å². The minimum Gasteiger partial charge on any atom is -0.326 e. The van der Waals surface area contributed by atoms with Crippen LogP contribution < -0.4 is 10.2 Å². The van der Waals surface area contributed by atoms with Gasteiger partial charge in [-0.25, -0.2) is 4.39 Å². The van der Waals surface area contributed by atoms with E-state index in [9.17, 15) is 9.18 Å². The number of nitrogens with one attached hydrogen (secondary N) is 2. The third kappa shape index (κ3) is 4.09. The Hall–Kier alpha value is -1.92. The molecule has 1 amide bonds. The Morgan fingerprint density at radius 1 is 1.43 bits per heavy atom. The minimum absolute atomic E-state index is 0.144. The molecule has 2 N–H and O–H groups in total. The van der Waals surface area contributed by atoms with Crippen molar-refractivity contribution in [1.29, 1.82) is 0 Å². The fourth-order valence-corrected chi connectivity index (χ4v) is 2.71. The zero-order valence-corrected chi connectivity index (χ0v) is 14.5. The zero-order chi connectivity index (χ0) is 17.1.